The first-order valence-corrected chi connectivity index (χ1v) is 6.03. The molecule has 2 heterocycles. The number of anilines is 2. The summed E-state index contributed by atoms with van der Waals surface area (Å²) < 4.78 is 0. The van der Waals surface area contributed by atoms with Crippen molar-refractivity contribution in [3.63, 3.8) is 0 Å². The number of benzene rings is 1. The van der Waals surface area contributed by atoms with Gasteiger partial charge in [-0.25, -0.2) is 0 Å². The second-order valence-electron chi connectivity index (χ2n) is 4.33. The normalized spacial score (nSPS) is 22.5. The topological polar surface area (TPSA) is 15.3 Å². The van der Waals surface area contributed by atoms with Gasteiger partial charge >= 0.3 is 0 Å². The van der Waals surface area contributed by atoms with Crippen LogP contribution < -0.4 is 10.2 Å². The average molecular weight is 223 g/mol. The van der Waals surface area contributed by atoms with Crippen LogP contribution in [0, 0.1) is 0 Å². The van der Waals surface area contributed by atoms with E-state index in [-0.39, 0.29) is 0 Å². The number of halogens is 1. The molecule has 1 aromatic carbocycles. The summed E-state index contributed by atoms with van der Waals surface area (Å²) in [5.41, 5.74) is 4.04. The van der Waals surface area contributed by atoms with Crippen molar-refractivity contribution in [3.05, 3.63) is 22.7 Å². The maximum Gasteiger partial charge on any atom is 0.0988 e. The van der Waals surface area contributed by atoms with E-state index in [0.29, 0.717) is 6.17 Å². The average Bonchev–Trinajstić information content (AvgIpc) is 2.58. The summed E-state index contributed by atoms with van der Waals surface area (Å²) in [6.07, 6.45) is 4.01. The van der Waals surface area contributed by atoms with E-state index >= 15 is 0 Å². The van der Waals surface area contributed by atoms with Crippen LogP contribution in [0.3, 0.4) is 0 Å². The molecule has 1 atom stereocenters. The first-order chi connectivity index (χ1) is 7.29. The zero-order valence-electron chi connectivity index (χ0n) is 8.89. The quantitative estimate of drug-likeness (QED) is 0.785. The maximum absolute atomic E-state index is 6.11. The molecular formula is C12H15ClN2. The molecule has 2 aliphatic rings. The van der Waals surface area contributed by atoms with Gasteiger partial charge in [-0.05, 0) is 37.0 Å². The van der Waals surface area contributed by atoms with Crippen LogP contribution in [0.25, 0.3) is 0 Å². The molecular weight excluding hydrogens is 208 g/mol. The highest BCUT2D eigenvalue weighted by atomic mass is 35.5. The van der Waals surface area contributed by atoms with Crippen LogP contribution >= 0.6 is 11.6 Å². The Hall–Kier alpha value is -0.890. The first kappa shape index (κ1) is 9.34. The third-order valence-electron chi connectivity index (χ3n) is 3.37. The first-order valence-electron chi connectivity index (χ1n) is 5.65. The summed E-state index contributed by atoms with van der Waals surface area (Å²) in [6, 6.07) is 4.17. The number of hydrogen-bond acceptors (Lipinski definition) is 2. The molecule has 0 fully saturated rings. The molecule has 0 amide bonds. The number of aryl methyl sites for hydroxylation is 1. The second kappa shape index (κ2) is 3.31. The molecule has 1 unspecified atom stereocenters. The Morgan fingerprint density at radius 3 is 3.20 bits per heavy atom. The van der Waals surface area contributed by atoms with Gasteiger partial charge in [0.15, 0.2) is 0 Å². The molecule has 3 heteroatoms. The van der Waals surface area contributed by atoms with E-state index in [9.17, 15) is 0 Å². The zero-order chi connectivity index (χ0) is 10.4. The molecule has 1 aromatic rings. The van der Waals surface area contributed by atoms with E-state index in [2.05, 4.69) is 23.2 Å². The third-order valence-corrected chi connectivity index (χ3v) is 3.59. The monoisotopic (exact) mass is 222 g/mol. The number of rotatable bonds is 1. The van der Waals surface area contributed by atoms with Crippen LogP contribution in [0.5, 0.6) is 0 Å². The second-order valence-corrected chi connectivity index (χ2v) is 4.76. The zero-order valence-corrected chi connectivity index (χ0v) is 9.64. The fraction of sp³-hybridized carbons (Fsp3) is 0.500. The molecule has 0 saturated heterocycles. The summed E-state index contributed by atoms with van der Waals surface area (Å²) in [6.45, 7) is 3.40. The molecule has 1 N–H and O–H groups in total. The van der Waals surface area contributed by atoms with Crippen molar-refractivity contribution in [2.45, 2.75) is 32.4 Å². The van der Waals surface area contributed by atoms with Crippen molar-refractivity contribution >= 4 is 23.0 Å². The molecule has 0 aliphatic carbocycles. The van der Waals surface area contributed by atoms with Crippen molar-refractivity contribution < 1.29 is 0 Å². The highest BCUT2D eigenvalue weighted by Crippen LogP contribution is 2.43. The minimum absolute atomic E-state index is 0.470. The van der Waals surface area contributed by atoms with Gasteiger partial charge in [-0.1, -0.05) is 18.5 Å². The molecule has 0 bridgehead atoms. The van der Waals surface area contributed by atoms with E-state index in [1.807, 2.05) is 6.07 Å². The van der Waals surface area contributed by atoms with E-state index < -0.39 is 0 Å². The van der Waals surface area contributed by atoms with Crippen molar-refractivity contribution in [1.82, 2.24) is 0 Å². The largest absolute Gasteiger partial charge is 0.363 e. The van der Waals surface area contributed by atoms with E-state index in [1.54, 1.807) is 0 Å². The maximum atomic E-state index is 6.11. The van der Waals surface area contributed by atoms with Crippen LogP contribution in [0.1, 0.15) is 25.3 Å². The van der Waals surface area contributed by atoms with E-state index in [0.717, 1.165) is 17.9 Å². The van der Waals surface area contributed by atoms with Crippen molar-refractivity contribution in [1.29, 1.82) is 0 Å². The Morgan fingerprint density at radius 1 is 1.53 bits per heavy atom. The van der Waals surface area contributed by atoms with E-state index in [4.69, 9.17) is 11.6 Å². The SMILES string of the molecule is CCC1Nc2cc(Cl)cc3c2N1CCC3. The van der Waals surface area contributed by atoms with Gasteiger partial charge in [0, 0.05) is 11.6 Å². The highest BCUT2D eigenvalue weighted by molar-refractivity contribution is 6.31. The summed E-state index contributed by atoms with van der Waals surface area (Å²) in [7, 11) is 0. The number of nitrogens with zero attached hydrogens (tertiary/aromatic N) is 1. The van der Waals surface area contributed by atoms with Crippen LogP contribution in [0.2, 0.25) is 5.02 Å². The molecule has 0 saturated carbocycles. The van der Waals surface area contributed by atoms with Crippen LogP contribution in [0.4, 0.5) is 11.4 Å². The predicted molar refractivity (Wildman–Crippen MR) is 64.8 cm³/mol. The number of hydrogen-bond donors (Lipinski definition) is 1. The van der Waals surface area contributed by atoms with Gasteiger partial charge in [0.2, 0.25) is 0 Å². The molecule has 2 aliphatic heterocycles. The predicted octanol–water partition coefficient (Wildman–Crippen LogP) is 3.25. The summed E-state index contributed by atoms with van der Waals surface area (Å²) >= 11 is 6.11. The van der Waals surface area contributed by atoms with Gasteiger partial charge in [-0.3, -0.25) is 0 Å². The lowest BCUT2D eigenvalue weighted by Crippen LogP contribution is -2.37. The summed E-state index contributed by atoms with van der Waals surface area (Å²) in [5.74, 6) is 0. The fourth-order valence-corrected chi connectivity index (χ4v) is 2.98. The van der Waals surface area contributed by atoms with Crippen LogP contribution in [0.15, 0.2) is 12.1 Å². The Kier molecular flexibility index (Phi) is 2.06. The van der Waals surface area contributed by atoms with Crippen LogP contribution in [-0.2, 0) is 6.42 Å². The van der Waals surface area contributed by atoms with Gasteiger partial charge in [0.05, 0.1) is 17.5 Å². The smallest absolute Gasteiger partial charge is 0.0988 e. The fourth-order valence-electron chi connectivity index (χ4n) is 2.74. The molecule has 15 heavy (non-hydrogen) atoms. The highest BCUT2D eigenvalue weighted by Gasteiger charge is 2.31. The van der Waals surface area contributed by atoms with Crippen molar-refractivity contribution in [2.75, 3.05) is 16.8 Å². The standard InChI is InChI=1S/C12H15ClN2/c1-2-11-14-10-7-9(13)6-8-4-3-5-15(11)12(8)10/h6-7,11,14H,2-5H2,1H3. The Morgan fingerprint density at radius 2 is 2.40 bits per heavy atom. The van der Waals surface area contributed by atoms with Gasteiger partial charge < -0.3 is 10.2 Å². The summed E-state index contributed by atoms with van der Waals surface area (Å²) in [5, 5.41) is 4.40. The van der Waals surface area contributed by atoms with Gasteiger partial charge in [-0.2, -0.15) is 0 Å². The molecule has 2 nitrogen and oxygen atoms in total. The lowest BCUT2D eigenvalue weighted by atomic mass is 10.0. The van der Waals surface area contributed by atoms with Crippen LogP contribution in [-0.4, -0.2) is 12.7 Å². The van der Waals surface area contributed by atoms with Gasteiger partial charge in [0.25, 0.3) is 0 Å². The molecule has 0 aromatic heterocycles. The summed E-state index contributed by atoms with van der Waals surface area (Å²) in [4.78, 5) is 2.49. The Balaban J connectivity index is 2.13. The molecule has 3 rings (SSSR count). The minimum atomic E-state index is 0.470. The molecule has 0 spiro atoms. The van der Waals surface area contributed by atoms with Crippen molar-refractivity contribution in [3.8, 4) is 0 Å². The molecule has 80 valence electrons. The van der Waals surface area contributed by atoms with E-state index in [1.165, 1.54) is 29.9 Å². The molecule has 0 radical (unpaired) electrons. The van der Waals surface area contributed by atoms with Gasteiger partial charge in [0.1, 0.15) is 0 Å². The Bertz CT molecular complexity index is 403. The van der Waals surface area contributed by atoms with Gasteiger partial charge in [-0.15, -0.1) is 0 Å². The minimum Gasteiger partial charge on any atom is -0.363 e. The number of nitrogens with one attached hydrogen (secondary N) is 1. The lowest BCUT2D eigenvalue weighted by Gasteiger charge is -2.30. The third kappa shape index (κ3) is 1.31. The Labute approximate surface area is 95.2 Å². The lowest BCUT2D eigenvalue weighted by molar-refractivity contribution is 0.612. The van der Waals surface area contributed by atoms with Crippen molar-refractivity contribution in [2.24, 2.45) is 0 Å².